The van der Waals surface area contributed by atoms with Gasteiger partial charge in [0.05, 0.1) is 17.6 Å². The summed E-state index contributed by atoms with van der Waals surface area (Å²) in [4.78, 5) is 0. The molecule has 3 rings (SSSR count). The van der Waals surface area contributed by atoms with Gasteiger partial charge >= 0.3 is 0 Å². The van der Waals surface area contributed by atoms with Crippen LogP contribution in [0.15, 0.2) is 27.1 Å². The van der Waals surface area contributed by atoms with Gasteiger partial charge < -0.3 is 14.5 Å². The Morgan fingerprint density at radius 1 is 1.42 bits per heavy atom. The fourth-order valence-corrected chi connectivity index (χ4v) is 3.06. The molecule has 1 unspecified atom stereocenters. The molecule has 1 atom stereocenters. The molecule has 1 aliphatic carbocycles. The molecular weight excluding hydrogens is 306 g/mol. The first kappa shape index (κ1) is 13.0. The van der Waals surface area contributed by atoms with Crippen LogP contribution in [-0.4, -0.2) is 13.7 Å². The van der Waals surface area contributed by atoms with Crippen LogP contribution in [0.1, 0.15) is 31.6 Å². The molecule has 2 aromatic rings. The summed E-state index contributed by atoms with van der Waals surface area (Å²) in [5.41, 5.74) is 0.902. The molecule has 1 aromatic carbocycles. The van der Waals surface area contributed by atoms with Crippen molar-refractivity contribution in [1.82, 2.24) is 5.32 Å². The Morgan fingerprint density at radius 3 is 2.84 bits per heavy atom. The topological polar surface area (TPSA) is 34.4 Å². The van der Waals surface area contributed by atoms with Crippen molar-refractivity contribution in [3.05, 3.63) is 28.4 Å². The van der Waals surface area contributed by atoms with E-state index in [1.54, 1.807) is 7.11 Å². The SMILES string of the molecule is CCNC(c1cc2cc(OC)cc(Br)c2o1)C1CC1. The Labute approximate surface area is 121 Å². The van der Waals surface area contributed by atoms with Crippen LogP contribution >= 0.6 is 15.9 Å². The lowest BCUT2D eigenvalue weighted by atomic mass is 10.1. The molecule has 4 heteroatoms. The molecule has 0 aliphatic heterocycles. The minimum absolute atomic E-state index is 0.343. The van der Waals surface area contributed by atoms with E-state index in [9.17, 15) is 0 Å². The first-order valence-corrected chi connectivity index (χ1v) is 7.52. The molecule has 1 fully saturated rings. The Hall–Kier alpha value is -1.00. The van der Waals surface area contributed by atoms with Crippen LogP contribution < -0.4 is 10.1 Å². The normalized spacial score (nSPS) is 16.8. The highest BCUT2D eigenvalue weighted by molar-refractivity contribution is 9.10. The fourth-order valence-electron chi connectivity index (χ4n) is 2.52. The average molecular weight is 324 g/mol. The van der Waals surface area contributed by atoms with Crippen LogP contribution in [0, 0.1) is 5.92 Å². The quantitative estimate of drug-likeness (QED) is 0.892. The van der Waals surface area contributed by atoms with Gasteiger partial charge in [0.25, 0.3) is 0 Å². The zero-order valence-corrected chi connectivity index (χ0v) is 12.8. The maximum Gasteiger partial charge on any atom is 0.148 e. The van der Waals surface area contributed by atoms with Gasteiger partial charge in [0.2, 0.25) is 0 Å². The van der Waals surface area contributed by atoms with Crippen molar-refractivity contribution in [2.45, 2.75) is 25.8 Å². The van der Waals surface area contributed by atoms with Crippen LogP contribution in [0.4, 0.5) is 0 Å². The second kappa shape index (κ2) is 5.17. The van der Waals surface area contributed by atoms with Crippen molar-refractivity contribution >= 4 is 26.9 Å². The molecule has 0 saturated heterocycles. The van der Waals surface area contributed by atoms with E-state index in [4.69, 9.17) is 9.15 Å². The average Bonchev–Trinajstić information content (AvgIpc) is 3.14. The molecule has 0 bridgehead atoms. The van der Waals surface area contributed by atoms with Crippen LogP contribution in [0.5, 0.6) is 5.75 Å². The molecule has 0 radical (unpaired) electrons. The van der Waals surface area contributed by atoms with E-state index in [2.05, 4.69) is 34.2 Å². The lowest BCUT2D eigenvalue weighted by molar-refractivity contribution is 0.402. The maximum absolute atomic E-state index is 6.05. The molecule has 1 N–H and O–H groups in total. The molecule has 1 heterocycles. The monoisotopic (exact) mass is 323 g/mol. The van der Waals surface area contributed by atoms with Crippen molar-refractivity contribution in [2.24, 2.45) is 5.92 Å². The molecule has 1 aliphatic rings. The lowest BCUT2D eigenvalue weighted by Gasteiger charge is -2.13. The summed E-state index contributed by atoms with van der Waals surface area (Å²) in [7, 11) is 1.68. The van der Waals surface area contributed by atoms with E-state index >= 15 is 0 Å². The van der Waals surface area contributed by atoms with Gasteiger partial charge in [0.15, 0.2) is 0 Å². The van der Waals surface area contributed by atoms with Crippen LogP contribution in [0.3, 0.4) is 0 Å². The van der Waals surface area contributed by atoms with Gasteiger partial charge in [-0.2, -0.15) is 0 Å². The Kier molecular flexibility index (Phi) is 3.54. The van der Waals surface area contributed by atoms with Crippen LogP contribution in [0.2, 0.25) is 0 Å². The number of hydrogen-bond acceptors (Lipinski definition) is 3. The van der Waals surface area contributed by atoms with Crippen molar-refractivity contribution in [1.29, 1.82) is 0 Å². The molecule has 1 aromatic heterocycles. The number of methoxy groups -OCH3 is 1. The van der Waals surface area contributed by atoms with Crippen LogP contribution in [0.25, 0.3) is 11.0 Å². The predicted octanol–water partition coefficient (Wildman–Crippen LogP) is 4.26. The number of ether oxygens (including phenoxy) is 1. The summed E-state index contributed by atoms with van der Waals surface area (Å²) in [6, 6.07) is 6.43. The Morgan fingerprint density at radius 2 is 2.21 bits per heavy atom. The van der Waals surface area contributed by atoms with E-state index in [0.717, 1.165) is 39.4 Å². The minimum Gasteiger partial charge on any atom is -0.497 e. The molecule has 0 amide bonds. The van der Waals surface area contributed by atoms with Gasteiger partial charge in [-0.3, -0.25) is 0 Å². The molecule has 102 valence electrons. The zero-order chi connectivity index (χ0) is 13.4. The van der Waals surface area contributed by atoms with E-state index in [1.807, 2.05) is 12.1 Å². The molecule has 3 nitrogen and oxygen atoms in total. The van der Waals surface area contributed by atoms with Gasteiger partial charge in [-0.05, 0) is 59.4 Å². The highest BCUT2D eigenvalue weighted by atomic mass is 79.9. The highest BCUT2D eigenvalue weighted by Gasteiger charge is 2.34. The third-order valence-electron chi connectivity index (χ3n) is 3.62. The second-order valence-corrected chi connectivity index (χ2v) is 5.90. The number of hydrogen-bond donors (Lipinski definition) is 1. The van der Waals surface area contributed by atoms with Gasteiger partial charge in [-0.1, -0.05) is 6.92 Å². The third-order valence-corrected chi connectivity index (χ3v) is 4.21. The lowest BCUT2D eigenvalue weighted by Crippen LogP contribution is -2.21. The summed E-state index contributed by atoms with van der Waals surface area (Å²) in [6.45, 7) is 3.10. The largest absolute Gasteiger partial charge is 0.497 e. The van der Waals surface area contributed by atoms with Crippen molar-refractivity contribution in [3.8, 4) is 5.75 Å². The Balaban J connectivity index is 2.02. The van der Waals surface area contributed by atoms with Crippen molar-refractivity contribution < 1.29 is 9.15 Å². The second-order valence-electron chi connectivity index (χ2n) is 5.05. The first-order chi connectivity index (χ1) is 9.22. The highest BCUT2D eigenvalue weighted by Crippen LogP contribution is 2.43. The number of furan rings is 1. The van der Waals surface area contributed by atoms with Gasteiger partial charge in [-0.15, -0.1) is 0 Å². The van der Waals surface area contributed by atoms with E-state index in [0.29, 0.717) is 6.04 Å². The predicted molar refractivity (Wildman–Crippen MR) is 79.6 cm³/mol. The summed E-state index contributed by atoms with van der Waals surface area (Å²) in [5.74, 6) is 2.60. The summed E-state index contributed by atoms with van der Waals surface area (Å²) < 4.78 is 12.3. The number of benzene rings is 1. The summed E-state index contributed by atoms with van der Waals surface area (Å²) >= 11 is 3.55. The standard InChI is InChI=1S/C15H18BrNO2/c1-3-17-14(9-4-5-9)13-7-10-6-11(18-2)8-12(16)15(10)19-13/h6-9,14,17H,3-5H2,1-2H3. The zero-order valence-electron chi connectivity index (χ0n) is 11.2. The molecule has 19 heavy (non-hydrogen) atoms. The van der Waals surface area contributed by atoms with E-state index < -0.39 is 0 Å². The molecule has 1 saturated carbocycles. The maximum atomic E-state index is 6.05. The molecular formula is C15H18BrNO2. The number of halogens is 1. The van der Waals surface area contributed by atoms with Crippen LogP contribution in [-0.2, 0) is 0 Å². The van der Waals surface area contributed by atoms with Crippen molar-refractivity contribution in [3.63, 3.8) is 0 Å². The fraction of sp³-hybridized carbons (Fsp3) is 0.467. The smallest absolute Gasteiger partial charge is 0.148 e. The van der Waals surface area contributed by atoms with Gasteiger partial charge in [0.1, 0.15) is 17.1 Å². The number of nitrogens with one attached hydrogen (secondary N) is 1. The summed E-state index contributed by atoms with van der Waals surface area (Å²) in [5, 5.41) is 4.62. The first-order valence-electron chi connectivity index (χ1n) is 6.73. The van der Waals surface area contributed by atoms with E-state index in [-0.39, 0.29) is 0 Å². The van der Waals surface area contributed by atoms with Crippen molar-refractivity contribution in [2.75, 3.05) is 13.7 Å². The Bertz CT molecular complexity index is 589. The number of rotatable bonds is 5. The van der Waals surface area contributed by atoms with Gasteiger partial charge in [0, 0.05) is 5.39 Å². The van der Waals surface area contributed by atoms with Gasteiger partial charge in [-0.25, -0.2) is 0 Å². The van der Waals surface area contributed by atoms with E-state index in [1.165, 1.54) is 12.8 Å². The number of fused-ring (bicyclic) bond motifs is 1. The minimum atomic E-state index is 0.343. The summed E-state index contributed by atoms with van der Waals surface area (Å²) in [6.07, 6.45) is 2.58. The molecule has 0 spiro atoms. The third kappa shape index (κ3) is 2.51.